The van der Waals surface area contributed by atoms with Crippen molar-refractivity contribution in [3.63, 3.8) is 0 Å². The maximum absolute atomic E-state index is 13.7. The molecule has 5 nitrogen and oxygen atoms in total. The van der Waals surface area contributed by atoms with Crippen LogP contribution in [0.2, 0.25) is 0 Å². The van der Waals surface area contributed by atoms with Crippen molar-refractivity contribution in [2.75, 3.05) is 17.2 Å². The molecule has 0 aliphatic carbocycles. The number of anilines is 1. The van der Waals surface area contributed by atoms with Crippen molar-refractivity contribution in [1.29, 1.82) is 0 Å². The van der Waals surface area contributed by atoms with Crippen LogP contribution in [0.3, 0.4) is 0 Å². The lowest BCUT2D eigenvalue weighted by molar-refractivity contribution is 0.463. The average Bonchev–Trinajstić information content (AvgIpc) is 2.67. The molecule has 2 heterocycles. The molecule has 0 unspecified atom stereocenters. The quantitative estimate of drug-likeness (QED) is 0.868. The summed E-state index contributed by atoms with van der Waals surface area (Å²) < 4.78 is 51.5. The first kappa shape index (κ1) is 13.3. The van der Waals surface area contributed by atoms with Crippen LogP contribution in [0.4, 0.5) is 14.7 Å². The molecule has 0 saturated carbocycles. The summed E-state index contributed by atoms with van der Waals surface area (Å²) in [5, 5.41) is 0. The molecule has 1 saturated heterocycles. The van der Waals surface area contributed by atoms with Gasteiger partial charge in [0.15, 0.2) is 5.82 Å². The predicted molar refractivity (Wildman–Crippen MR) is 71.0 cm³/mol. The molecule has 8 heteroatoms. The lowest BCUT2D eigenvalue weighted by atomic mass is 10.1. The Kier molecular flexibility index (Phi) is 2.93. The van der Waals surface area contributed by atoms with Gasteiger partial charge >= 0.3 is 0 Å². The maximum Gasteiger partial charge on any atom is 0.201 e. The van der Waals surface area contributed by atoms with E-state index in [2.05, 4.69) is 4.98 Å². The Bertz CT molecular complexity index is 772. The standard InChI is InChI=1S/C12H13F2N3O2S/c13-7-5-9(14)11-10(6-7)17(12(15)16-11)8-1-3-20(18,19)4-2-8/h5-6,8H,1-4H2,(H2,15,16). The highest BCUT2D eigenvalue weighted by Crippen LogP contribution is 2.31. The monoisotopic (exact) mass is 301 g/mol. The Morgan fingerprint density at radius 2 is 1.90 bits per heavy atom. The van der Waals surface area contributed by atoms with E-state index < -0.39 is 21.5 Å². The summed E-state index contributed by atoms with van der Waals surface area (Å²) in [6.45, 7) is 0. The first-order valence-electron chi connectivity index (χ1n) is 6.20. The minimum Gasteiger partial charge on any atom is -0.369 e. The van der Waals surface area contributed by atoms with Gasteiger partial charge in [-0.15, -0.1) is 0 Å². The highest BCUT2D eigenvalue weighted by molar-refractivity contribution is 7.91. The zero-order valence-electron chi connectivity index (χ0n) is 10.5. The van der Waals surface area contributed by atoms with E-state index in [0.29, 0.717) is 12.8 Å². The second kappa shape index (κ2) is 4.41. The van der Waals surface area contributed by atoms with Gasteiger partial charge in [0, 0.05) is 18.2 Å². The van der Waals surface area contributed by atoms with Gasteiger partial charge in [-0.3, -0.25) is 0 Å². The molecule has 1 fully saturated rings. The fraction of sp³-hybridized carbons (Fsp3) is 0.417. The number of nitrogens with zero attached hydrogens (tertiary/aromatic N) is 2. The highest BCUT2D eigenvalue weighted by atomic mass is 32.2. The highest BCUT2D eigenvalue weighted by Gasteiger charge is 2.27. The van der Waals surface area contributed by atoms with Crippen molar-refractivity contribution < 1.29 is 17.2 Å². The zero-order valence-corrected chi connectivity index (χ0v) is 11.3. The van der Waals surface area contributed by atoms with E-state index in [9.17, 15) is 17.2 Å². The average molecular weight is 301 g/mol. The number of sulfone groups is 1. The van der Waals surface area contributed by atoms with E-state index in [4.69, 9.17) is 5.73 Å². The van der Waals surface area contributed by atoms with Gasteiger partial charge in [0.05, 0.1) is 17.0 Å². The van der Waals surface area contributed by atoms with Gasteiger partial charge < -0.3 is 10.3 Å². The molecule has 2 N–H and O–H groups in total. The van der Waals surface area contributed by atoms with Crippen molar-refractivity contribution in [3.8, 4) is 0 Å². The van der Waals surface area contributed by atoms with E-state index in [1.165, 1.54) is 10.6 Å². The number of halogens is 2. The second-order valence-electron chi connectivity index (χ2n) is 4.98. The Morgan fingerprint density at radius 1 is 1.25 bits per heavy atom. The van der Waals surface area contributed by atoms with Gasteiger partial charge in [0.1, 0.15) is 21.2 Å². The molecule has 0 bridgehead atoms. The molecule has 1 aromatic heterocycles. The van der Waals surface area contributed by atoms with Gasteiger partial charge in [-0.25, -0.2) is 22.2 Å². The largest absolute Gasteiger partial charge is 0.369 e. The summed E-state index contributed by atoms with van der Waals surface area (Å²) in [6.07, 6.45) is 0.742. The van der Waals surface area contributed by atoms with E-state index >= 15 is 0 Å². The summed E-state index contributed by atoms with van der Waals surface area (Å²) in [4.78, 5) is 3.91. The summed E-state index contributed by atoms with van der Waals surface area (Å²) in [7, 11) is -3.01. The maximum atomic E-state index is 13.7. The smallest absolute Gasteiger partial charge is 0.201 e. The molecule has 0 amide bonds. The fourth-order valence-corrected chi connectivity index (χ4v) is 4.12. The van der Waals surface area contributed by atoms with Crippen LogP contribution >= 0.6 is 0 Å². The normalized spacial score (nSPS) is 19.5. The van der Waals surface area contributed by atoms with Gasteiger partial charge in [-0.05, 0) is 12.8 Å². The molecule has 0 spiro atoms. The van der Waals surface area contributed by atoms with Gasteiger partial charge in [-0.2, -0.15) is 0 Å². The molecule has 3 rings (SSSR count). The van der Waals surface area contributed by atoms with Crippen LogP contribution in [0.1, 0.15) is 18.9 Å². The Hall–Kier alpha value is -1.70. The third kappa shape index (κ3) is 2.13. The third-order valence-electron chi connectivity index (χ3n) is 3.63. The zero-order chi connectivity index (χ0) is 14.5. The number of nitrogens with two attached hydrogens (primary N) is 1. The Balaban J connectivity index is 2.10. The first-order valence-corrected chi connectivity index (χ1v) is 8.02. The number of imidazole rings is 1. The fourth-order valence-electron chi connectivity index (χ4n) is 2.66. The minimum atomic E-state index is -3.01. The summed E-state index contributed by atoms with van der Waals surface area (Å²) in [6, 6.07) is 1.72. The van der Waals surface area contributed by atoms with Crippen LogP contribution in [0.5, 0.6) is 0 Å². The topological polar surface area (TPSA) is 78.0 Å². The molecule has 2 aromatic rings. The van der Waals surface area contributed by atoms with Crippen molar-refractivity contribution in [3.05, 3.63) is 23.8 Å². The molecular formula is C12H13F2N3O2S. The molecule has 1 aliphatic heterocycles. The Labute approximate surface area is 114 Å². The lowest BCUT2D eigenvalue weighted by Gasteiger charge is -2.24. The number of hydrogen-bond donors (Lipinski definition) is 1. The van der Waals surface area contributed by atoms with Crippen molar-refractivity contribution >= 4 is 26.8 Å². The molecule has 0 radical (unpaired) electrons. The van der Waals surface area contributed by atoms with Gasteiger partial charge in [-0.1, -0.05) is 0 Å². The van der Waals surface area contributed by atoms with Crippen LogP contribution in [0, 0.1) is 11.6 Å². The van der Waals surface area contributed by atoms with Crippen LogP contribution < -0.4 is 5.73 Å². The summed E-state index contributed by atoms with van der Waals surface area (Å²) in [5.41, 5.74) is 6.06. The number of hydrogen-bond acceptors (Lipinski definition) is 4. The van der Waals surface area contributed by atoms with Crippen molar-refractivity contribution in [2.24, 2.45) is 0 Å². The van der Waals surface area contributed by atoms with Crippen LogP contribution in [0.25, 0.3) is 11.0 Å². The van der Waals surface area contributed by atoms with E-state index in [-0.39, 0.29) is 34.5 Å². The molecule has 0 atom stereocenters. The number of nitrogen functional groups attached to an aromatic ring is 1. The van der Waals surface area contributed by atoms with E-state index in [1.54, 1.807) is 0 Å². The number of aromatic nitrogens is 2. The van der Waals surface area contributed by atoms with Gasteiger partial charge in [0.2, 0.25) is 5.95 Å². The molecule has 108 valence electrons. The summed E-state index contributed by atoms with van der Waals surface area (Å²) >= 11 is 0. The molecular weight excluding hydrogens is 288 g/mol. The number of rotatable bonds is 1. The second-order valence-corrected chi connectivity index (χ2v) is 7.28. The van der Waals surface area contributed by atoms with Crippen LogP contribution in [0.15, 0.2) is 12.1 Å². The summed E-state index contributed by atoms with van der Waals surface area (Å²) in [5.74, 6) is -1.30. The Morgan fingerprint density at radius 3 is 2.55 bits per heavy atom. The van der Waals surface area contributed by atoms with Crippen LogP contribution in [-0.2, 0) is 9.84 Å². The number of benzene rings is 1. The minimum absolute atomic E-state index is 0.0114. The molecule has 1 aliphatic rings. The van der Waals surface area contributed by atoms with E-state index in [1.807, 2.05) is 0 Å². The first-order chi connectivity index (χ1) is 9.37. The SMILES string of the molecule is Nc1nc2c(F)cc(F)cc2n1C1CCS(=O)(=O)CC1. The van der Waals surface area contributed by atoms with E-state index in [0.717, 1.165) is 6.07 Å². The third-order valence-corrected chi connectivity index (χ3v) is 5.35. The van der Waals surface area contributed by atoms with Crippen molar-refractivity contribution in [1.82, 2.24) is 9.55 Å². The lowest BCUT2D eigenvalue weighted by Crippen LogP contribution is -2.26. The van der Waals surface area contributed by atoms with Gasteiger partial charge in [0.25, 0.3) is 0 Å². The number of fused-ring (bicyclic) bond motifs is 1. The van der Waals surface area contributed by atoms with Crippen LogP contribution in [-0.4, -0.2) is 29.5 Å². The van der Waals surface area contributed by atoms with Crippen molar-refractivity contribution in [2.45, 2.75) is 18.9 Å². The molecule has 20 heavy (non-hydrogen) atoms. The predicted octanol–water partition coefficient (Wildman–Crippen LogP) is 1.65. The molecule has 1 aromatic carbocycles.